The van der Waals surface area contributed by atoms with Crippen LogP contribution >= 0.6 is 0 Å². The zero-order valence-electron chi connectivity index (χ0n) is 18.0. The zero-order chi connectivity index (χ0) is 22.2. The highest BCUT2D eigenvalue weighted by Gasteiger charge is 2.27. The quantitative estimate of drug-likeness (QED) is 0.578. The van der Waals surface area contributed by atoms with Crippen molar-refractivity contribution in [1.29, 1.82) is 0 Å². The van der Waals surface area contributed by atoms with Crippen LogP contribution in [0.5, 0.6) is 5.75 Å². The Morgan fingerprint density at radius 1 is 1.03 bits per heavy atom. The summed E-state index contributed by atoms with van der Waals surface area (Å²) >= 11 is 0. The Kier molecular flexibility index (Phi) is 7.46. The molecule has 1 aliphatic heterocycles. The first-order chi connectivity index (χ1) is 15.7. The fraction of sp³-hybridized carbons (Fsp3) is 0.308. The van der Waals surface area contributed by atoms with Gasteiger partial charge >= 0.3 is 0 Å². The smallest absolute Gasteiger partial charge is 0.224 e. The monoisotopic (exact) mass is 433 g/mol. The van der Waals surface area contributed by atoms with Gasteiger partial charge in [0, 0.05) is 18.7 Å². The van der Waals surface area contributed by atoms with Gasteiger partial charge in [0.25, 0.3) is 0 Å². The minimum absolute atomic E-state index is 0.0187. The number of rotatable bonds is 8. The number of pyridine rings is 1. The summed E-state index contributed by atoms with van der Waals surface area (Å²) in [5.74, 6) is 0.546. The first-order valence-electron chi connectivity index (χ1n) is 11.1. The van der Waals surface area contributed by atoms with Crippen molar-refractivity contribution in [3.63, 3.8) is 0 Å². The van der Waals surface area contributed by atoms with Crippen LogP contribution in [0.25, 0.3) is 0 Å². The Bertz CT molecular complexity index is 975. The lowest BCUT2D eigenvalue weighted by Crippen LogP contribution is -2.42. The lowest BCUT2D eigenvalue weighted by atomic mass is 9.94. The van der Waals surface area contributed by atoms with E-state index in [1.54, 1.807) is 18.3 Å². The van der Waals surface area contributed by atoms with Gasteiger partial charge in [-0.25, -0.2) is 4.39 Å². The van der Waals surface area contributed by atoms with Crippen LogP contribution in [0.4, 0.5) is 4.39 Å². The molecule has 0 aliphatic carbocycles. The third-order valence-electron chi connectivity index (χ3n) is 5.85. The van der Waals surface area contributed by atoms with Gasteiger partial charge in [-0.1, -0.05) is 36.4 Å². The van der Waals surface area contributed by atoms with Crippen LogP contribution < -0.4 is 10.1 Å². The summed E-state index contributed by atoms with van der Waals surface area (Å²) in [6.07, 6.45) is 3.30. The predicted molar refractivity (Wildman–Crippen MR) is 122 cm³/mol. The van der Waals surface area contributed by atoms with Crippen molar-refractivity contribution in [3.05, 3.63) is 96.1 Å². The maximum absolute atomic E-state index is 13.4. The molecule has 1 saturated heterocycles. The maximum Gasteiger partial charge on any atom is 0.224 e. The van der Waals surface area contributed by atoms with Gasteiger partial charge in [-0.15, -0.1) is 0 Å². The normalized spacial score (nSPS) is 15.8. The number of likely N-dealkylation sites (tertiary alicyclic amines) is 1. The van der Waals surface area contributed by atoms with Crippen molar-refractivity contribution in [2.45, 2.75) is 18.9 Å². The lowest BCUT2D eigenvalue weighted by Gasteiger charge is -2.32. The number of nitrogens with zero attached hydrogens (tertiary/aromatic N) is 2. The van der Waals surface area contributed by atoms with E-state index in [2.05, 4.69) is 15.2 Å². The van der Waals surface area contributed by atoms with Gasteiger partial charge in [-0.2, -0.15) is 0 Å². The second kappa shape index (κ2) is 10.9. The summed E-state index contributed by atoms with van der Waals surface area (Å²) in [6.45, 7) is 3.20. The largest absolute Gasteiger partial charge is 0.492 e. The van der Waals surface area contributed by atoms with E-state index in [0.717, 1.165) is 49.5 Å². The van der Waals surface area contributed by atoms with Crippen LogP contribution in [0.1, 0.15) is 30.1 Å². The third kappa shape index (κ3) is 5.92. The SMILES string of the molecule is O=C(N[C@H](c1ccc(F)cc1)c1ccccn1)C1CCN(CCOc2ccccc2)CC1. The fourth-order valence-corrected chi connectivity index (χ4v) is 4.02. The average molecular weight is 434 g/mol. The van der Waals surface area contributed by atoms with Crippen molar-refractivity contribution in [3.8, 4) is 5.75 Å². The summed E-state index contributed by atoms with van der Waals surface area (Å²) in [5.41, 5.74) is 1.55. The van der Waals surface area contributed by atoms with Crippen molar-refractivity contribution < 1.29 is 13.9 Å². The molecule has 0 unspecified atom stereocenters. The highest BCUT2D eigenvalue weighted by molar-refractivity contribution is 5.79. The van der Waals surface area contributed by atoms with Gasteiger partial charge < -0.3 is 10.1 Å². The van der Waals surface area contributed by atoms with Crippen LogP contribution in [0, 0.1) is 11.7 Å². The topological polar surface area (TPSA) is 54.5 Å². The molecule has 32 heavy (non-hydrogen) atoms. The number of nitrogens with one attached hydrogen (secondary N) is 1. The summed E-state index contributed by atoms with van der Waals surface area (Å²) < 4.78 is 19.2. The molecule has 0 saturated carbocycles. The van der Waals surface area contributed by atoms with E-state index in [4.69, 9.17) is 4.74 Å². The minimum Gasteiger partial charge on any atom is -0.492 e. The zero-order valence-corrected chi connectivity index (χ0v) is 18.0. The molecular formula is C26H28FN3O2. The maximum atomic E-state index is 13.4. The molecule has 0 radical (unpaired) electrons. The predicted octanol–water partition coefficient (Wildman–Crippen LogP) is 4.22. The van der Waals surface area contributed by atoms with E-state index in [-0.39, 0.29) is 17.6 Å². The van der Waals surface area contributed by atoms with Gasteiger partial charge in [-0.3, -0.25) is 14.7 Å². The Balaban J connectivity index is 1.31. The number of halogens is 1. The molecule has 5 nitrogen and oxygen atoms in total. The summed E-state index contributed by atoms with van der Waals surface area (Å²) in [7, 11) is 0. The number of carbonyl (C=O) groups excluding carboxylic acids is 1. The second-order valence-electron chi connectivity index (χ2n) is 8.03. The van der Waals surface area contributed by atoms with Gasteiger partial charge in [0.05, 0.1) is 11.7 Å². The van der Waals surface area contributed by atoms with Crippen LogP contribution in [0.2, 0.25) is 0 Å². The molecule has 1 fully saturated rings. The number of hydrogen-bond acceptors (Lipinski definition) is 4. The lowest BCUT2D eigenvalue weighted by molar-refractivity contribution is -0.127. The molecule has 6 heteroatoms. The van der Waals surface area contributed by atoms with Gasteiger partial charge in [0.1, 0.15) is 18.2 Å². The molecule has 0 spiro atoms. The van der Waals surface area contributed by atoms with E-state index >= 15 is 0 Å². The number of hydrogen-bond donors (Lipinski definition) is 1. The molecule has 2 aromatic carbocycles. The van der Waals surface area contributed by atoms with Crippen LogP contribution in [-0.2, 0) is 4.79 Å². The minimum atomic E-state index is -0.401. The van der Waals surface area contributed by atoms with Crippen LogP contribution in [-0.4, -0.2) is 42.0 Å². The highest BCUT2D eigenvalue weighted by Crippen LogP contribution is 2.24. The van der Waals surface area contributed by atoms with E-state index in [0.29, 0.717) is 6.61 Å². The molecule has 4 rings (SSSR count). The summed E-state index contributed by atoms with van der Waals surface area (Å²) in [4.78, 5) is 19.8. The van der Waals surface area contributed by atoms with E-state index < -0.39 is 6.04 Å². The van der Waals surface area contributed by atoms with E-state index in [1.165, 1.54) is 12.1 Å². The fourth-order valence-electron chi connectivity index (χ4n) is 4.02. The van der Waals surface area contributed by atoms with Gasteiger partial charge in [-0.05, 0) is 67.9 Å². The molecule has 2 heterocycles. The summed E-state index contributed by atoms with van der Waals surface area (Å²) in [6, 6.07) is 21.2. The molecule has 1 aromatic heterocycles. The molecule has 1 atom stereocenters. The first kappa shape index (κ1) is 22.0. The Morgan fingerprint density at radius 2 is 1.75 bits per heavy atom. The standard InChI is InChI=1S/C26H28FN3O2/c27-22-11-9-20(10-12-22)25(24-8-4-5-15-28-24)29-26(31)21-13-16-30(17-14-21)18-19-32-23-6-2-1-3-7-23/h1-12,15,21,25H,13-14,16-19H2,(H,29,31)/t25-/m1/s1. The van der Waals surface area contributed by atoms with E-state index in [9.17, 15) is 9.18 Å². The molecule has 1 aliphatic rings. The number of benzene rings is 2. The van der Waals surface area contributed by atoms with Crippen LogP contribution in [0.15, 0.2) is 79.0 Å². The number of ether oxygens (including phenoxy) is 1. The first-order valence-corrected chi connectivity index (χ1v) is 11.1. The second-order valence-corrected chi connectivity index (χ2v) is 8.03. The number of carbonyl (C=O) groups is 1. The molecule has 1 N–H and O–H groups in total. The third-order valence-corrected chi connectivity index (χ3v) is 5.85. The number of amides is 1. The van der Waals surface area contributed by atoms with E-state index in [1.807, 2.05) is 48.5 Å². The Morgan fingerprint density at radius 3 is 2.44 bits per heavy atom. The average Bonchev–Trinajstić information content (AvgIpc) is 2.85. The van der Waals surface area contributed by atoms with Crippen molar-refractivity contribution in [2.24, 2.45) is 5.92 Å². The Labute approximate surface area is 188 Å². The Hall–Kier alpha value is -3.25. The molecule has 3 aromatic rings. The number of para-hydroxylation sites is 1. The van der Waals surface area contributed by atoms with Gasteiger partial charge in [0.2, 0.25) is 5.91 Å². The highest BCUT2D eigenvalue weighted by atomic mass is 19.1. The molecule has 1 amide bonds. The molecule has 166 valence electrons. The van der Waals surface area contributed by atoms with Crippen molar-refractivity contribution >= 4 is 5.91 Å². The van der Waals surface area contributed by atoms with Crippen molar-refractivity contribution in [1.82, 2.24) is 15.2 Å². The van der Waals surface area contributed by atoms with Gasteiger partial charge in [0.15, 0.2) is 0 Å². The molecule has 0 bridgehead atoms. The van der Waals surface area contributed by atoms with Crippen LogP contribution in [0.3, 0.4) is 0 Å². The number of aromatic nitrogens is 1. The summed E-state index contributed by atoms with van der Waals surface area (Å²) in [5, 5.41) is 3.15. The molecular weight excluding hydrogens is 405 g/mol. The number of piperidine rings is 1. The van der Waals surface area contributed by atoms with Crippen molar-refractivity contribution in [2.75, 3.05) is 26.2 Å².